The Kier molecular flexibility index (Phi) is 7.50. The van der Waals surface area contributed by atoms with Crippen LogP contribution in [0, 0.1) is 0 Å². The molecule has 0 radical (unpaired) electrons. The lowest BCUT2D eigenvalue weighted by molar-refractivity contribution is -0.116. The highest BCUT2D eigenvalue weighted by atomic mass is 16.1. The van der Waals surface area contributed by atoms with Crippen molar-refractivity contribution in [3.63, 3.8) is 0 Å². The lowest BCUT2D eigenvalue weighted by atomic mass is 10.2. The van der Waals surface area contributed by atoms with Crippen molar-refractivity contribution in [3.05, 3.63) is 60.2 Å². The van der Waals surface area contributed by atoms with Gasteiger partial charge in [0, 0.05) is 57.6 Å². The fourth-order valence-corrected chi connectivity index (χ4v) is 3.54. The molecule has 6 nitrogen and oxygen atoms in total. The molecule has 3 rings (SSSR count). The number of anilines is 2. The van der Waals surface area contributed by atoms with Crippen molar-refractivity contribution in [1.82, 2.24) is 10.2 Å². The number of carbonyl (C=O) groups excluding carboxylic acids is 1. The summed E-state index contributed by atoms with van der Waals surface area (Å²) in [6.07, 6.45) is 1.39. The van der Waals surface area contributed by atoms with Crippen LogP contribution in [0.15, 0.2) is 59.6 Å². The molecule has 0 saturated carbocycles. The largest absolute Gasteiger partial charge is 0.368 e. The molecule has 1 aliphatic rings. The Labute approximate surface area is 173 Å². The Morgan fingerprint density at radius 3 is 2.48 bits per heavy atom. The van der Waals surface area contributed by atoms with Gasteiger partial charge >= 0.3 is 0 Å². The molecule has 0 aromatic heterocycles. The molecule has 6 heteroatoms. The normalized spacial score (nSPS) is 14.6. The van der Waals surface area contributed by atoms with Gasteiger partial charge in [-0.25, -0.2) is 0 Å². The molecule has 0 bridgehead atoms. The number of nitrogens with zero attached hydrogens (tertiary/aromatic N) is 3. The van der Waals surface area contributed by atoms with Crippen LogP contribution in [-0.2, 0) is 11.3 Å². The first-order valence-electron chi connectivity index (χ1n) is 10.3. The predicted octanol–water partition coefficient (Wildman–Crippen LogP) is 3.32. The fourth-order valence-electron chi connectivity index (χ4n) is 3.54. The third-order valence-electron chi connectivity index (χ3n) is 5.05. The molecule has 2 N–H and O–H groups in total. The van der Waals surface area contributed by atoms with E-state index < -0.39 is 0 Å². The van der Waals surface area contributed by atoms with Gasteiger partial charge in [-0.2, -0.15) is 0 Å². The fraction of sp³-hybridized carbons (Fsp3) is 0.391. The van der Waals surface area contributed by atoms with Gasteiger partial charge < -0.3 is 20.4 Å². The molecule has 1 fully saturated rings. The Balaban J connectivity index is 1.52. The Hall–Kier alpha value is -3.02. The number of aliphatic imine (C=N–C) groups is 1. The van der Waals surface area contributed by atoms with E-state index >= 15 is 0 Å². The Morgan fingerprint density at radius 2 is 1.79 bits per heavy atom. The molecule has 0 spiro atoms. The van der Waals surface area contributed by atoms with Crippen molar-refractivity contribution in [3.8, 4) is 0 Å². The number of rotatable bonds is 6. The zero-order valence-corrected chi connectivity index (χ0v) is 17.4. The Morgan fingerprint density at radius 1 is 1.03 bits per heavy atom. The smallest absolute Gasteiger partial charge is 0.224 e. The van der Waals surface area contributed by atoms with Crippen LogP contribution >= 0.6 is 0 Å². The van der Waals surface area contributed by atoms with Crippen molar-refractivity contribution in [2.24, 2.45) is 4.99 Å². The van der Waals surface area contributed by atoms with Crippen molar-refractivity contribution in [2.75, 3.05) is 43.4 Å². The first kappa shape index (κ1) is 20.7. The van der Waals surface area contributed by atoms with E-state index in [0.29, 0.717) is 13.0 Å². The van der Waals surface area contributed by atoms with Gasteiger partial charge in [0.15, 0.2) is 5.96 Å². The molecule has 0 aliphatic carbocycles. The molecule has 1 heterocycles. The van der Waals surface area contributed by atoms with Crippen LogP contribution in [0.3, 0.4) is 0 Å². The number of carbonyl (C=O) groups is 1. The molecule has 29 heavy (non-hydrogen) atoms. The highest BCUT2D eigenvalue weighted by Gasteiger charge is 2.19. The average molecular weight is 394 g/mol. The maximum absolute atomic E-state index is 11.8. The van der Waals surface area contributed by atoms with Crippen LogP contribution in [0.2, 0.25) is 0 Å². The van der Waals surface area contributed by atoms with E-state index in [1.165, 1.54) is 5.69 Å². The summed E-state index contributed by atoms with van der Waals surface area (Å²) < 4.78 is 0. The number of piperazine rings is 1. The summed E-state index contributed by atoms with van der Waals surface area (Å²) >= 11 is 0. The molecule has 2 aromatic rings. The van der Waals surface area contributed by atoms with Crippen LogP contribution in [0.1, 0.15) is 25.3 Å². The summed E-state index contributed by atoms with van der Waals surface area (Å²) in [6, 6.07) is 18.5. The van der Waals surface area contributed by atoms with Crippen molar-refractivity contribution < 1.29 is 4.79 Å². The van der Waals surface area contributed by atoms with E-state index in [1.807, 2.05) is 32.2 Å². The standard InChI is InChI=1S/C23H31N5O/c1-3-8-22(29)26-20-10-7-9-19(17-20)18-25-23(24-2)28-15-13-27(14-16-28)21-11-5-4-6-12-21/h4-7,9-12,17H,3,8,13-16,18H2,1-2H3,(H,24,25)(H,26,29). The molecule has 1 aliphatic heterocycles. The number of guanidine groups is 1. The van der Waals surface area contributed by atoms with Gasteiger partial charge in [-0.15, -0.1) is 0 Å². The molecular weight excluding hydrogens is 362 g/mol. The van der Waals surface area contributed by atoms with Gasteiger partial charge in [-0.05, 0) is 36.2 Å². The van der Waals surface area contributed by atoms with Gasteiger partial charge in [0.05, 0.1) is 0 Å². The summed E-state index contributed by atoms with van der Waals surface area (Å²) in [5.74, 6) is 0.975. The first-order valence-corrected chi connectivity index (χ1v) is 10.3. The van der Waals surface area contributed by atoms with E-state index in [4.69, 9.17) is 0 Å². The quantitative estimate of drug-likeness (QED) is 0.584. The number of benzene rings is 2. The average Bonchev–Trinajstić information content (AvgIpc) is 2.76. The zero-order valence-electron chi connectivity index (χ0n) is 17.4. The minimum absolute atomic E-state index is 0.0599. The SMILES string of the molecule is CCCC(=O)Nc1cccc(CNC(=NC)N2CCN(c3ccccc3)CC2)c1. The maximum atomic E-state index is 11.8. The number of hydrogen-bond acceptors (Lipinski definition) is 3. The lowest BCUT2D eigenvalue weighted by Crippen LogP contribution is -2.52. The van der Waals surface area contributed by atoms with Crippen LogP contribution < -0.4 is 15.5 Å². The topological polar surface area (TPSA) is 60.0 Å². The minimum Gasteiger partial charge on any atom is -0.368 e. The van der Waals surface area contributed by atoms with E-state index in [-0.39, 0.29) is 5.91 Å². The monoisotopic (exact) mass is 393 g/mol. The van der Waals surface area contributed by atoms with E-state index in [2.05, 4.69) is 61.8 Å². The summed E-state index contributed by atoms with van der Waals surface area (Å²) in [5.41, 5.74) is 3.23. The lowest BCUT2D eigenvalue weighted by Gasteiger charge is -2.37. The second-order valence-corrected chi connectivity index (χ2v) is 7.21. The van der Waals surface area contributed by atoms with Crippen LogP contribution in [-0.4, -0.2) is 50.0 Å². The molecule has 154 valence electrons. The molecule has 0 atom stereocenters. The van der Waals surface area contributed by atoms with Gasteiger partial charge in [0.25, 0.3) is 0 Å². The van der Waals surface area contributed by atoms with Crippen molar-refractivity contribution in [1.29, 1.82) is 0 Å². The number of hydrogen-bond donors (Lipinski definition) is 2. The highest BCUT2D eigenvalue weighted by Crippen LogP contribution is 2.16. The van der Waals surface area contributed by atoms with E-state index in [1.54, 1.807) is 0 Å². The second-order valence-electron chi connectivity index (χ2n) is 7.21. The predicted molar refractivity (Wildman–Crippen MR) is 120 cm³/mol. The highest BCUT2D eigenvalue weighted by molar-refractivity contribution is 5.90. The van der Waals surface area contributed by atoms with Crippen molar-refractivity contribution in [2.45, 2.75) is 26.3 Å². The molecule has 0 unspecified atom stereocenters. The Bertz CT molecular complexity index is 813. The summed E-state index contributed by atoms with van der Waals surface area (Å²) in [5, 5.41) is 6.42. The summed E-state index contributed by atoms with van der Waals surface area (Å²) in [7, 11) is 1.83. The number of nitrogens with one attached hydrogen (secondary N) is 2. The third kappa shape index (κ3) is 5.98. The second kappa shape index (κ2) is 10.5. The molecular formula is C23H31N5O. The third-order valence-corrected chi connectivity index (χ3v) is 5.05. The van der Waals surface area contributed by atoms with Gasteiger partial charge in [-0.1, -0.05) is 37.3 Å². The number of amides is 1. The van der Waals surface area contributed by atoms with Crippen LogP contribution in [0.5, 0.6) is 0 Å². The van der Waals surface area contributed by atoms with Crippen LogP contribution in [0.25, 0.3) is 0 Å². The molecule has 1 saturated heterocycles. The van der Waals surface area contributed by atoms with Crippen LogP contribution in [0.4, 0.5) is 11.4 Å². The molecule has 2 aromatic carbocycles. The van der Waals surface area contributed by atoms with E-state index in [9.17, 15) is 4.79 Å². The van der Waals surface area contributed by atoms with Gasteiger partial charge in [-0.3, -0.25) is 9.79 Å². The zero-order chi connectivity index (χ0) is 20.5. The number of para-hydroxylation sites is 1. The summed E-state index contributed by atoms with van der Waals surface area (Å²) in [6.45, 7) is 6.49. The minimum atomic E-state index is 0.0599. The summed E-state index contributed by atoms with van der Waals surface area (Å²) in [4.78, 5) is 21.0. The maximum Gasteiger partial charge on any atom is 0.224 e. The van der Waals surface area contributed by atoms with Crippen molar-refractivity contribution >= 4 is 23.2 Å². The first-order chi connectivity index (χ1) is 14.2. The van der Waals surface area contributed by atoms with Gasteiger partial charge in [0.2, 0.25) is 5.91 Å². The molecule has 1 amide bonds. The van der Waals surface area contributed by atoms with E-state index in [0.717, 1.165) is 49.8 Å². The van der Waals surface area contributed by atoms with Gasteiger partial charge in [0.1, 0.15) is 0 Å².